The average molecular weight is 901 g/mol. The monoisotopic (exact) mass is 900 g/mol. The summed E-state index contributed by atoms with van der Waals surface area (Å²) in [5.74, 6) is 0. The van der Waals surface area contributed by atoms with E-state index >= 15 is 0 Å². The van der Waals surface area contributed by atoms with E-state index in [1.54, 1.807) is 0 Å². The maximum Gasteiger partial charge on any atom is 0.252 e. The third-order valence-corrected chi connectivity index (χ3v) is 17.7. The van der Waals surface area contributed by atoms with E-state index in [9.17, 15) is 0 Å². The first kappa shape index (κ1) is 41.3. The normalized spacial score (nSPS) is 14.5. The summed E-state index contributed by atoms with van der Waals surface area (Å²) in [5.41, 5.74) is 24.1. The zero-order chi connectivity index (χ0) is 46.1. The van der Waals surface area contributed by atoms with Crippen LogP contribution in [0.4, 0.5) is 34.1 Å². The molecular weight excluding hydrogens is 846 g/mol. The van der Waals surface area contributed by atoms with Gasteiger partial charge in [-0.2, -0.15) is 0 Å². The topological polar surface area (TPSA) is 6.48 Å². The van der Waals surface area contributed by atoms with Gasteiger partial charge in [-0.25, -0.2) is 0 Å². The molecule has 0 saturated heterocycles. The Balaban J connectivity index is 1.29. The van der Waals surface area contributed by atoms with Crippen LogP contribution in [0.5, 0.6) is 0 Å². The number of thiophene rings is 1. The van der Waals surface area contributed by atoms with Crippen molar-refractivity contribution in [1.29, 1.82) is 0 Å². The minimum atomic E-state index is -0.0421. The van der Waals surface area contributed by atoms with E-state index in [2.05, 4.69) is 225 Å². The van der Waals surface area contributed by atoms with Crippen LogP contribution < -0.4 is 42.6 Å². The minimum Gasteiger partial charge on any atom is -0.312 e. The first-order valence-electron chi connectivity index (χ1n) is 24.1. The summed E-state index contributed by atoms with van der Waals surface area (Å²) in [5, 5.41) is 2.68. The van der Waals surface area contributed by atoms with Crippen molar-refractivity contribution in [3.05, 3.63) is 168 Å². The van der Waals surface area contributed by atoms with E-state index < -0.39 is 0 Å². The Kier molecular flexibility index (Phi) is 8.66. The number of para-hydroxylation sites is 1. The van der Waals surface area contributed by atoms with Gasteiger partial charge in [0.1, 0.15) is 0 Å². The van der Waals surface area contributed by atoms with Crippen LogP contribution in [0, 0.1) is 6.92 Å². The number of fused-ring (bicyclic) bond motifs is 13. The Bertz CT molecular complexity index is 3620. The Morgan fingerprint density at radius 2 is 0.970 bits per heavy atom. The Hall–Kier alpha value is -5.94. The van der Waals surface area contributed by atoms with Crippen molar-refractivity contribution in [3.63, 3.8) is 0 Å². The predicted octanol–water partition coefficient (Wildman–Crippen LogP) is 13.3. The van der Waals surface area contributed by atoms with Crippen molar-refractivity contribution < 1.29 is 0 Å². The summed E-state index contributed by atoms with van der Waals surface area (Å²) < 4.78 is 2.66. The van der Waals surface area contributed by atoms with E-state index in [1.165, 1.54) is 130 Å². The van der Waals surface area contributed by atoms with Gasteiger partial charge >= 0.3 is 0 Å². The molecule has 67 heavy (non-hydrogen) atoms. The smallest absolute Gasteiger partial charge is 0.252 e. The summed E-state index contributed by atoms with van der Waals surface area (Å²) in [6, 6.07) is 57.0. The lowest BCUT2D eigenvalue weighted by Crippen LogP contribution is -2.68. The third kappa shape index (κ3) is 5.85. The summed E-state index contributed by atoms with van der Waals surface area (Å²) in [6.07, 6.45) is 0. The van der Waals surface area contributed by atoms with Gasteiger partial charge in [0.25, 0.3) is 6.71 Å². The fourth-order valence-corrected chi connectivity index (χ4v) is 14.3. The first-order valence-corrected chi connectivity index (χ1v) is 25.7. The molecule has 9 aromatic rings. The molecule has 4 aliphatic rings. The molecule has 0 spiro atoms. The van der Waals surface area contributed by atoms with Crippen LogP contribution >= 0.6 is 23.1 Å². The highest BCUT2D eigenvalue weighted by Gasteiger charge is 2.53. The number of nitrogens with zero attached hydrogens (tertiary/aromatic N) is 2. The van der Waals surface area contributed by atoms with Gasteiger partial charge in [-0.3, -0.25) is 0 Å². The lowest BCUT2D eigenvalue weighted by atomic mass is 9.29. The number of aryl methyl sites for hydroxylation is 1. The van der Waals surface area contributed by atoms with E-state index in [0.29, 0.717) is 0 Å². The van der Waals surface area contributed by atoms with E-state index in [-0.39, 0.29) is 29.7 Å². The molecule has 0 N–H and O–H groups in total. The van der Waals surface area contributed by atoms with Crippen LogP contribution in [0.25, 0.3) is 31.3 Å². The Morgan fingerprint density at radius 1 is 0.448 bits per heavy atom. The molecule has 5 heterocycles. The Labute approximate surface area is 405 Å². The standard InChI is InChI=1S/C61H54B2N2S2/c1-35-18-11-14-22-45(35)64-46-29-26-37(60(5,6)7)33-43(46)63-44-34-38(61(8,9)10)28-31-48(44)65-47-30-27-36(59(2,3)4)32-42(47)62-41-21-13-16-24-50(41)67-58-53(56(64)54(63)57(65)55(58)62)40-20-17-25-51-52(40)39-19-12-15-23-49(39)66-51/h11-34H,1-10H3. The molecule has 0 amide bonds. The molecule has 6 heteroatoms. The zero-order valence-electron chi connectivity index (χ0n) is 40.2. The lowest BCUT2D eigenvalue weighted by Gasteiger charge is -2.51. The van der Waals surface area contributed by atoms with Crippen LogP contribution in [0.3, 0.4) is 0 Å². The number of benzene rings is 8. The first-order chi connectivity index (χ1) is 32.1. The van der Waals surface area contributed by atoms with Crippen LogP contribution in [0.2, 0.25) is 0 Å². The molecule has 2 nitrogen and oxygen atoms in total. The quantitative estimate of drug-likeness (QED) is 0.160. The van der Waals surface area contributed by atoms with Crippen molar-refractivity contribution in [2.75, 3.05) is 9.80 Å². The van der Waals surface area contributed by atoms with Gasteiger partial charge in [0.05, 0.1) is 5.69 Å². The maximum absolute atomic E-state index is 2.72. The second-order valence-electron chi connectivity index (χ2n) is 22.5. The van der Waals surface area contributed by atoms with Crippen molar-refractivity contribution in [2.24, 2.45) is 0 Å². The largest absolute Gasteiger partial charge is 0.312 e. The van der Waals surface area contributed by atoms with Crippen molar-refractivity contribution in [1.82, 2.24) is 0 Å². The van der Waals surface area contributed by atoms with Gasteiger partial charge in [-0.1, -0.05) is 183 Å². The Morgan fingerprint density at radius 3 is 1.58 bits per heavy atom. The van der Waals surface area contributed by atoms with Crippen LogP contribution in [-0.4, -0.2) is 13.4 Å². The van der Waals surface area contributed by atoms with Crippen molar-refractivity contribution in [3.8, 4) is 11.1 Å². The van der Waals surface area contributed by atoms with E-state index in [4.69, 9.17) is 0 Å². The number of hydrogen-bond donors (Lipinski definition) is 0. The second-order valence-corrected chi connectivity index (χ2v) is 24.7. The lowest BCUT2D eigenvalue weighted by molar-refractivity contribution is 0.590. The van der Waals surface area contributed by atoms with Gasteiger partial charge < -0.3 is 9.80 Å². The number of anilines is 6. The fraction of sp³-hybridized carbons (Fsp3) is 0.213. The molecule has 0 bridgehead atoms. The number of rotatable bonds is 2. The third-order valence-electron chi connectivity index (χ3n) is 15.3. The molecule has 326 valence electrons. The highest BCUT2D eigenvalue weighted by molar-refractivity contribution is 8.00. The summed E-state index contributed by atoms with van der Waals surface area (Å²) >= 11 is 3.92. The summed E-state index contributed by atoms with van der Waals surface area (Å²) in [7, 11) is 0. The molecule has 0 unspecified atom stereocenters. The van der Waals surface area contributed by atoms with Gasteiger partial charge in [0.2, 0.25) is 6.71 Å². The van der Waals surface area contributed by atoms with Crippen LogP contribution in [0.15, 0.2) is 155 Å². The average Bonchev–Trinajstić information content (AvgIpc) is 3.69. The molecule has 0 saturated carbocycles. The van der Waals surface area contributed by atoms with Gasteiger partial charge in [-0.05, 0) is 121 Å². The maximum atomic E-state index is 2.72. The predicted molar refractivity (Wildman–Crippen MR) is 295 cm³/mol. The molecule has 8 aromatic carbocycles. The highest BCUT2D eigenvalue weighted by atomic mass is 32.2. The molecular formula is C61H54B2N2S2. The SMILES string of the molecule is Cc1ccccc1N1c2ccc(C(C)(C)C)cc2B2c3cc(C(C)(C)C)ccc3N3c4ccc(C(C)(C)C)cc4B4c5ccccc5Sc5c4c3c2c1c5-c1cccc2sc3ccccc3c12. The molecule has 1 aromatic heterocycles. The molecule has 0 radical (unpaired) electrons. The van der Waals surface area contributed by atoms with E-state index in [0.717, 1.165) is 0 Å². The summed E-state index contributed by atoms with van der Waals surface area (Å²) in [6.45, 7) is 23.6. The zero-order valence-corrected chi connectivity index (χ0v) is 41.9. The molecule has 0 atom stereocenters. The fourth-order valence-electron chi connectivity index (χ4n) is 11.9. The van der Waals surface area contributed by atoms with Gasteiger partial charge in [0.15, 0.2) is 0 Å². The van der Waals surface area contributed by atoms with Crippen molar-refractivity contribution >= 4 is 124 Å². The minimum absolute atomic E-state index is 0.0168. The van der Waals surface area contributed by atoms with Gasteiger partial charge in [0, 0.05) is 64.0 Å². The second kappa shape index (κ2) is 14.1. The molecule has 13 rings (SSSR count). The molecule has 4 aliphatic heterocycles. The van der Waals surface area contributed by atoms with Crippen LogP contribution in [0.1, 0.15) is 84.6 Å². The highest BCUT2D eigenvalue weighted by Crippen LogP contribution is 2.56. The van der Waals surface area contributed by atoms with Crippen molar-refractivity contribution in [2.45, 2.75) is 95.3 Å². The van der Waals surface area contributed by atoms with Gasteiger partial charge in [-0.15, -0.1) is 11.3 Å². The molecule has 0 aliphatic carbocycles. The van der Waals surface area contributed by atoms with Crippen LogP contribution in [-0.2, 0) is 16.2 Å². The summed E-state index contributed by atoms with van der Waals surface area (Å²) in [4.78, 5) is 8.14. The van der Waals surface area contributed by atoms with E-state index in [1.807, 2.05) is 23.1 Å². The number of hydrogen-bond acceptors (Lipinski definition) is 4. The molecule has 0 fully saturated rings.